The number of nitrogens with zero attached hydrogens (tertiary/aromatic N) is 4. The first-order valence-corrected chi connectivity index (χ1v) is 11.9. The van der Waals surface area contributed by atoms with Crippen molar-refractivity contribution >= 4 is 21.9 Å². The summed E-state index contributed by atoms with van der Waals surface area (Å²) in [6, 6.07) is 4.57. The Bertz CT molecular complexity index is 1300. The van der Waals surface area contributed by atoms with Gasteiger partial charge in [-0.25, -0.2) is 23.9 Å². The van der Waals surface area contributed by atoms with E-state index < -0.39 is 27.7 Å². The fraction of sp³-hybridized carbons (Fsp3) is 0.333. The van der Waals surface area contributed by atoms with Gasteiger partial charge in [0, 0.05) is 24.0 Å². The molecule has 1 fully saturated rings. The number of anilines is 1. The molecular weight excluding hydrogens is 470 g/mol. The number of hydrogen-bond donors (Lipinski definition) is 2. The summed E-state index contributed by atoms with van der Waals surface area (Å²) in [4.78, 5) is 21.2. The van der Waals surface area contributed by atoms with Crippen molar-refractivity contribution in [2.24, 2.45) is 11.1 Å². The summed E-state index contributed by atoms with van der Waals surface area (Å²) in [7, 11) is -3.99. The molecule has 1 aromatic carbocycles. The van der Waals surface area contributed by atoms with Gasteiger partial charge in [0.05, 0.1) is 18.7 Å². The molecule has 0 saturated heterocycles. The second-order valence-corrected chi connectivity index (χ2v) is 9.27. The number of hydrogen-bond acceptors (Lipinski definition) is 8. The predicted molar refractivity (Wildman–Crippen MR) is 117 cm³/mol. The number of nitrogens with one attached hydrogen (secondary N) is 1. The SMILES string of the molecule is NS(=O)(=O)OCC1CCC(Nc2ncncc2C(=O)c2ccn(Cc3cc(F)ccc3F)n2)C1. The maximum atomic E-state index is 13.9. The monoisotopic (exact) mass is 492 g/mol. The van der Waals surface area contributed by atoms with Gasteiger partial charge in [-0.05, 0) is 49.4 Å². The Hall–Kier alpha value is -3.29. The van der Waals surface area contributed by atoms with Crippen molar-refractivity contribution in [3.05, 3.63) is 71.4 Å². The molecule has 4 rings (SSSR count). The number of ketones is 1. The summed E-state index contributed by atoms with van der Waals surface area (Å²) in [6.45, 7) is -0.0484. The molecule has 2 unspecified atom stereocenters. The molecule has 34 heavy (non-hydrogen) atoms. The zero-order valence-electron chi connectivity index (χ0n) is 17.9. The molecule has 2 aromatic heterocycles. The Morgan fingerprint density at radius 3 is 2.88 bits per heavy atom. The van der Waals surface area contributed by atoms with Gasteiger partial charge in [-0.2, -0.15) is 13.5 Å². The topological polar surface area (TPSA) is 142 Å². The van der Waals surface area contributed by atoms with Gasteiger partial charge >= 0.3 is 10.3 Å². The smallest absolute Gasteiger partial charge is 0.333 e. The molecule has 0 radical (unpaired) electrons. The lowest BCUT2D eigenvalue weighted by Crippen LogP contribution is -2.22. The molecule has 3 aromatic rings. The molecule has 3 N–H and O–H groups in total. The van der Waals surface area contributed by atoms with Gasteiger partial charge in [-0.15, -0.1) is 0 Å². The number of nitrogens with two attached hydrogens (primary N) is 1. The van der Waals surface area contributed by atoms with Gasteiger partial charge in [0.15, 0.2) is 0 Å². The largest absolute Gasteiger partial charge is 0.367 e. The third-order valence-electron chi connectivity index (χ3n) is 5.52. The minimum Gasteiger partial charge on any atom is -0.367 e. The second kappa shape index (κ2) is 9.91. The zero-order valence-corrected chi connectivity index (χ0v) is 18.7. The van der Waals surface area contributed by atoms with Crippen molar-refractivity contribution in [3.8, 4) is 0 Å². The molecule has 10 nitrogen and oxygen atoms in total. The summed E-state index contributed by atoms with van der Waals surface area (Å²) in [5.74, 6) is -1.26. The Labute approximate surface area is 194 Å². The van der Waals surface area contributed by atoms with E-state index in [1.165, 1.54) is 29.5 Å². The molecule has 0 bridgehead atoms. The fourth-order valence-electron chi connectivity index (χ4n) is 3.90. The average Bonchev–Trinajstić information content (AvgIpc) is 3.44. The summed E-state index contributed by atoms with van der Waals surface area (Å²) in [5, 5.41) is 12.3. The maximum Gasteiger partial charge on any atom is 0.333 e. The van der Waals surface area contributed by atoms with Gasteiger partial charge in [0.2, 0.25) is 5.78 Å². The van der Waals surface area contributed by atoms with E-state index in [2.05, 4.69) is 24.6 Å². The molecular formula is C21H22F2N6O4S. The Morgan fingerprint density at radius 1 is 1.26 bits per heavy atom. The summed E-state index contributed by atoms with van der Waals surface area (Å²) in [5.41, 5.74) is 0.407. The first-order chi connectivity index (χ1) is 16.2. The fourth-order valence-corrected chi connectivity index (χ4v) is 4.28. The number of halogens is 2. The van der Waals surface area contributed by atoms with Gasteiger partial charge in [0.25, 0.3) is 0 Å². The van der Waals surface area contributed by atoms with Crippen LogP contribution in [0.1, 0.15) is 40.9 Å². The highest BCUT2D eigenvalue weighted by atomic mass is 32.2. The lowest BCUT2D eigenvalue weighted by molar-refractivity contribution is 0.103. The first-order valence-electron chi connectivity index (χ1n) is 10.4. The predicted octanol–water partition coefficient (Wildman–Crippen LogP) is 2.03. The number of carbonyl (C=O) groups excluding carboxylic acids is 1. The Balaban J connectivity index is 1.44. The van der Waals surface area contributed by atoms with Crippen molar-refractivity contribution in [3.63, 3.8) is 0 Å². The Morgan fingerprint density at radius 2 is 2.09 bits per heavy atom. The van der Waals surface area contributed by atoms with Gasteiger partial charge in [-0.3, -0.25) is 13.7 Å². The van der Waals surface area contributed by atoms with Crippen LogP contribution in [-0.2, 0) is 21.0 Å². The van der Waals surface area contributed by atoms with Gasteiger partial charge < -0.3 is 5.32 Å². The number of rotatable bonds is 9. The first kappa shape index (κ1) is 23.9. The summed E-state index contributed by atoms with van der Waals surface area (Å²) in [6.07, 6.45) is 6.25. The second-order valence-electron chi connectivity index (χ2n) is 8.05. The van der Waals surface area contributed by atoms with Crippen LogP contribution in [0.2, 0.25) is 0 Å². The van der Waals surface area contributed by atoms with Gasteiger partial charge in [-0.1, -0.05) is 0 Å². The van der Waals surface area contributed by atoms with Crippen LogP contribution in [0.25, 0.3) is 0 Å². The normalized spacial score (nSPS) is 18.2. The minimum absolute atomic E-state index is 0.00395. The highest BCUT2D eigenvalue weighted by Crippen LogP contribution is 2.29. The van der Waals surface area contributed by atoms with Gasteiger partial charge in [0.1, 0.15) is 29.5 Å². The van der Waals surface area contributed by atoms with E-state index in [1.807, 2.05) is 0 Å². The Kier molecular flexibility index (Phi) is 6.95. The average molecular weight is 493 g/mol. The van der Waals surface area contributed by atoms with Crippen molar-refractivity contribution in [2.45, 2.75) is 31.8 Å². The standard InChI is InChI=1S/C21H22F2N6O4S/c22-15-2-4-18(23)14(8-15)10-29-6-5-19(28-29)20(30)17-9-25-12-26-21(17)27-16-3-1-13(7-16)11-33-34(24,31)32/h2,4-6,8-9,12-13,16H,1,3,7,10-11H2,(H2,24,31,32)(H,25,26,27). The molecule has 2 heterocycles. The molecule has 180 valence electrons. The van der Waals surface area contributed by atoms with E-state index in [1.54, 1.807) is 0 Å². The molecule has 1 aliphatic rings. The van der Waals surface area contributed by atoms with Crippen LogP contribution in [0.15, 0.2) is 43.0 Å². The lowest BCUT2D eigenvalue weighted by atomic mass is 10.1. The lowest BCUT2D eigenvalue weighted by Gasteiger charge is -2.15. The highest BCUT2D eigenvalue weighted by molar-refractivity contribution is 7.84. The van der Waals surface area contributed by atoms with Crippen LogP contribution in [0.4, 0.5) is 14.6 Å². The van der Waals surface area contributed by atoms with Crippen LogP contribution in [0, 0.1) is 17.6 Å². The van der Waals surface area contributed by atoms with E-state index >= 15 is 0 Å². The molecule has 0 aliphatic heterocycles. The summed E-state index contributed by atoms with van der Waals surface area (Å²) >= 11 is 0. The van der Waals surface area contributed by atoms with E-state index in [0.29, 0.717) is 12.2 Å². The molecule has 1 aliphatic carbocycles. The number of carbonyl (C=O) groups is 1. The van der Waals surface area contributed by atoms with Crippen molar-refractivity contribution in [1.82, 2.24) is 19.7 Å². The number of aromatic nitrogens is 4. The number of benzene rings is 1. The third-order valence-corrected chi connectivity index (χ3v) is 5.98. The van der Waals surface area contributed by atoms with Crippen LogP contribution in [0.3, 0.4) is 0 Å². The van der Waals surface area contributed by atoms with E-state index in [-0.39, 0.29) is 41.9 Å². The maximum absolute atomic E-state index is 13.9. The van der Waals surface area contributed by atoms with E-state index in [0.717, 1.165) is 31.0 Å². The van der Waals surface area contributed by atoms with Crippen LogP contribution < -0.4 is 10.5 Å². The van der Waals surface area contributed by atoms with Crippen molar-refractivity contribution < 1.29 is 26.2 Å². The van der Waals surface area contributed by atoms with Crippen molar-refractivity contribution in [1.29, 1.82) is 0 Å². The quantitative estimate of drug-likeness (QED) is 0.432. The van der Waals surface area contributed by atoms with Crippen LogP contribution in [-0.4, -0.2) is 46.6 Å². The van der Waals surface area contributed by atoms with E-state index in [4.69, 9.17) is 5.14 Å². The van der Waals surface area contributed by atoms with E-state index in [9.17, 15) is 22.0 Å². The van der Waals surface area contributed by atoms with Crippen molar-refractivity contribution in [2.75, 3.05) is 11.9 Å². The molecule has 13 heteroatoms. The third kappa shape index (κ3) is 5.98. The molecule has 1 saturated carbocycles. The molecule has 2 atom stereocenters. The zero-order chi connectivity index (χ0) is 24.3. The highest BCUT2D eigenvalue weighted by Gasteiger charge is 2.28. The molecule has 0 spiro atoms. The minimum atomic E-state index is -3.99. The van der Waals surface area contributed by atoms with Crippen LogP contribution >= 0.6 is 0 Å². The van der Waals surface area contributed by atoms with Crippen LogP contribution in [0.5, 0.6) is 0 Å². The summed E-state index contributed by atoms with van der Waals surface area (Å²) < 4.78 is 55.4. The molecule has 0 amide bonds.